The molecule has 0 amide bonds. The summed E-state index contributed by atoms with van der Waals surface area (Å²) in [4.78, 5) is 0. The van der Waals surface area contributed by atoms with Crippen molar-refractivity contribution >= 4 is 63.1 Å². The third kappa shape index (κ3) is 173000. The minimum atomic E-state index is -4.42. The molecular weight excluding hydrogens is 600 g/mol. The molecule has 5 radical (unpaired) electrons. The zero-order chi connectivity index (χ0) is 22.5. The van der Waals surface area contributed by atoms with E-state index in [2.05, 4.69) is 63.1 Å². The predicted molar refractivity (Wildman–Crippen MR) is 80.7 cm³/mol. The summed E-state index contributed by atoms with van der Waals surface area (Å²) in [7, 11) is 0. The van der Waals surface area contributed by atoms with E-state index in [0.29, 0.717) is 0 Å². The Morgan fingerprint density at radius 1 is 0.233 bits per heavy atom. The molecule has 0 aromatic rings. The van der Waals surface area contributed by atoms with Gasteiger partial charge in [0.1, 0.15) is 0 Å². The number of rotatable bonds is 0. The van der Waals surface area contributed by atoms with Crippen LogP contribution in [-0.2, 0) is 0 Å². The number of halogens is 20. The van der Waals surface area contributed by atoms with E-state index in [9.17, 15) is 65.9 Å². The zero-order valence-electron chi connectivity index (χ0n) is 12.3. The van der Waals surface area contributed by atoms with E-state index in [1.54, 1.807) is 0 Å². The van der Waals surface area contributed by atoms with Crippen LogP contribution in [0.3, 0.4) is 0 Å². The van der Waals surface area contributed by atoms with Gasteiger partial charge in [-0.1, -0.05) is 0 Å². The first-order chi connectivity index (χ1) is 10.0. The van der Waals surface area contributed by atoms with E-state index < -0.39 is 27.5 Å². The summed E-state index contributed by atoms with van der Waals surface area (Å²) in [6.07, 6.45) is 0. The highest BCUT2D eigenvalue weighted by atomic mass is 32.1. The first-order valence-electron chi connectivity index (χ1n) is 3.86. The van der Waals surface area contributed by atoms with Gasteiger partial charge in [-0.3, -0.25) is 23.5 Å². The normalized spacial score (nSPS) is 10.0. The Labute approximate surface area is 180 Å². The summed E-state index contributed by atoms with van der Waals surface area (Å²) in [5.74, 6) is 0. The molecule has 0 aliphatic rings. The summed E-state index contributed by atoms with van der Waals surface area (Å²) in [6, 6.07) is 0. The monoisotopic (exact) mass is 605 g/mol. The predicted octanol–water partition coefficient (Wildman–Crippen LogP) is 9.28. The van der Waals surface area contributed by atoms with Gasteiger partial charge in [-0.15, -0.1) is 0 Å². The maximum atomic E-state index is 10.2. The maximum absolute atomic E-state index is 10.2. The fourth-order valence-corrected chi connectivity index (χ4v) is 0. The van der Waals surface area contributed by atoms with Crippen LogP contribution < -0.4 is 0 Å². The average molecular weight is 605 g/mol. The van der Waals surface area contributed by atoms with Crippen molar-refractivity contribution in [1.82, 2.24) is 0 Å². The molecule has 0 bridgehead atoms. The van der Waals surface area contributed by atoms with Gasteiger partial charge >= 0.3 is 27.5 Å². The van der Waals surface area contributed by atoms with Crippen LogP contribution in [0.25, 0.3) is 0 Å². The second-order valence-corrected chi connectivity index (χ2v) is 4.54. The van der Waals surface area contributed by atoms with Crippen molar-refractivity contribution in [2.45, 2.75) is 27.5 Å². The fourth-order valence-electron chi connectivity index (χ4n) is 0. The minimum absolute atomic E-state index is 0. The molecule has 0 fully saturated rings. The number of hydrogen-bond donors (Lipinski definition) is 0. The molecule has 0 aliphatic carbocycles. The van der Waals surface area contributed by atoms with Crippen molar-refractivity contribution in [1.29, 1.82) is 0 Å². The van der Waals surface area contributed by atoms with E-state index in [-0.39, 0.29) is 23.5 Å². The van der Waals surface area contributed by atoms with Crippen LogP contribution >= 0.6 is 63.1 Å². The molecule has 0 spiro atoms. The van der Waals surface area contributed by atoms with E-state index >= 15 is 0 Å². The Morgan fingerprint density at radius 2 is 0.233 bits per heavy atom. The molecule has 0 aliphatic heterocycles. The highest BCUT2D eigenvalue weighted by Gasteiger charge is 2.21. The highest BCUT2D eigenvalue weighted by Crippen LogP contribution is 2.19. The lowest BCUT2D eigenvalue weighted by molar-refractivity contribution is -0.0313. The van der Waals surface area contributed by atoms with Crippen molar-refractivity contribution < 1.29 is 89.4 Å². The molecule has 0 saturated heterocycles. The van der Waals surface area contributed by atoms with Gasteiger partial charge in [0, 0.05) is 63.1 Å². The first-order valence-corrected chi connectivity index (χ1v) is 5.90. The fraction of sp³-hybridized carbons (Fsp3) is 1.00. The van der Waals surface area contributed by atoms with Gasteiger partial charge in [-0.05, 0) is 0 Å². The largest absolute Gasteiger partial charge is 0.452 e. The van der Waals surface area contributed by atoms with Crippen LogP contribution in [0.15, 0.2) is 0 Å². The van der Waals surface area contributed by atoms with Gasteiger partial charge in [-0.25, -0.2) is 0 Å². The standard InChI is InChI=1S/5CF3S.5FH/c5*2-1(3,4)5;;;;;/h;;;;;5*1H. The van der Waals surface area contributed by atoms with Crippen molar-refractivity contribution in [2.75, 3.05) is 0 Å². The van der Waals surface area contributed by atoms with E-state index in [1.807, 2.05) is 0 Å². The van der Waals surface area contributed by atoms with E-state index in [1.165, 1.54) is 0 Å². The Morgan fingerprint density at radius 3 is 0.233 bits per heavy atom. The third-order valence-electron chi connectivity index (χ3n) is 0. The second kappa shape index (κ2) is 25.6. The molecule has 195 valence electrons. The summed E-state index contributed by atoms with van der Waals surface area (Å²) >= 11 is 14.1. The smallest absolute Gasteiger partial charge is 0.269 e. The topological polar surface area (TPSA) is 0 Å². The van der Waals surface area contributed by atoms with Gasteiger partial charge in [0.25, 0.3) is 0 Å². The molecule has 30 heavy (non-hydrogen) atoms. The van der Waals surface area contributed by atoms with Crippen LogP contribution in [0.5, 0.6) is 0 Å². The Kier molecular flexibility index (Phi) is 53.9. The first kappa shape index (κ1) is 63.1. The quantitative estimate of drug-likeness (QED) is 0.242. The van der Waals surface area contributed by atoms with Crippen LogP contribution in [0, 0.1) is 0 Å². The van der Waals surface area contributed by atoms with Crippen LogP contribution in [0.4, 0.5) is 89.4 Å². The lowest BCUT2D eigenvalue weighted by Gasteiger charge is -1.85. The molecule has 25 heteroatoms. The molecule has 0 unspecified atom stereocenters. The summed E-state index contributed by atoms with van der Waals surface area (Å²) in [5, 5.41) is 0. The van der Waals surface area contributed by atoms with Crippen molar-refractivity contribution in [2.24, 2.45) is 0 Å². The van der Waals surface area contributed by atoms with Crippen LogP contribution in [0.2, 0.25) is 0 Å². The van der Waals surface area contributed by atoms with Crippen LogP contribution in [-0.4, -0.2) is 27.5 Å². The zero-order valence-corrected chi connectivity index (χ0v) is 16.3. The summed E-state index contributed by atoms with van der Waals surface area (Å²) in [6.45, 7) is 0. The number of hydrogen-bond acceptors (Lipinski definition) is 0. The minimum Gasteiger partial charge on any atom is -0.269 e. The number of alkyl halides is 15. The Balaban J connectivity index is -0.0000000200. The molecule has 0 N–H and O–H groups in total. The highest BCUT2D eigenvalue weighted by molar-refractivity contribution is 7.81. The Bertz CT molecular complexity index is 185. The van der Waals surface area contributed by atoms with E-state index in [4.69, 9.17) is 0 Å². The Hall–Kier alpha value is 0.350. The summed E-state index contributed by atoms with van der Waals surface area (Å²) in [5.41, 5.74) is -22.1. The lowest BCUT2D eigenvalue weighted by atomic mass is 11.6. The maximum Gasteiger partial charge on any atom is 0.452 e. The molecule has 0 aromatic carbocycles. The molecule has 0 rings (SSSR count). The molecule has 0 saturated carbocycles. The van der Waals surface area contributed by atoms with Gasteiger partial charge in [0.15, 0.2) is 0 Å². The lowest BCUT2D eigenvalue weighted by Crippen LogP contribution is -1.89. The molecular formula is C5H5F20S5. The SMILES string of the molecule is F.F.F.F.F.FC(F)(F)[S].FC(F)(F)[S].FC(F)(F)[S].FC(F)(F)[S].FC(F)(F)[S]. The van der Waals surface area contributed by atoms with Crippen molar-refractivity contribution in [3.8, 4) is 0 Å². The van der Waals surface area contributed by atoms with Gasteiger partial charge in [-0.2, -0.15) is 65.9 Å². The molecule has 0 aromatic heterocycles. The van der Waals surface area contributed by atoms with Crippen molar-refractivity contribution in [3.63, 3.8) is 0 Å². The van der Waals surface area contributed by atoms with E-state index in [0.717, 1.165) is 0 Å². The van der Waals surface area contributed by atoms with Crippen LogP contribution in [0.1, 0.15) is 0 Å². The summed E-state index contributed by atoms with van der Waals surface area (Å²) < 4.78 is 153. The molecule has 0 nitrogen and oxygen atoms in total. The van der Waals surface area contributed by atoms with Gasteiger partial charge in [0.2, 0.25) is 0 Å². The molecule has 0 heterocycles. The average Bonchev–Trinajstić information content (AvgIpc) is 1.79. The van der Waals surface area contributed by atoms with Gasteiger partial charge in [0.05, 0.1) is 0 Å². The third-order valence-corrected chi connectivity index (χ3v) is 0. The van der Waals surface area contributed by atoms with Crippen molar-refractivity contribution in [3.05, 3.63) is 0 Å². The second-order valence-electron chi connectivity index (χ2n) is 2.23. The molecule has 0 atom stereocenters. The van der Waals surface area contributed by atoms with Gasteiger partial charge < -0.3 is 0 Å².